The Morgan fingerprint density at radius 1 is 0.913 bits per heavy atom. The second-order valence-corrected chi connectivity index (χ2v) is 5.41. The normalized spacial score (nSPS) is 11.5. The number of benzene rings is 2. The molecule has 0 spiro atoms. The minimum absolute atomic E-state index is 0.0597. The number of aliphatic hydroxyl groups excluding tert-OH is 1. The molecule has 0 aliphatic heterocycles. The molecule has 120 valence electrons. The number of carbonyl (C=O) groups excluding carboxylic acids is 1. The van der Waals surface area contributed by atoms with E-state index in [0.717, 1.165) is 11.1 Å². The molecule has 2 aromatic carbocycles. The Bertz CT molecular complexity index is 628. The lowest BCUT2D eigenvalue weighted by Gasteiger charge is -2.12. The van der Waals surface area contributed by atoms with E-state index in [4.69, 9.17) is 21.7 Å². The summed E-state index contributed by atoms with van der Waals surface area (Å²) in [4.78, 5) is 11.7. The Balaban J connectivity index is 1.71. The van der Waals surface area contributed by atoms with Crippen LogP contribution in [0, 0.1) is 0 Å². The van der Waals surface area contributed by atoms with Crippen molar-refractivity contribution >= 4 is 23.2 Å². The first-order chi connectivity index (χ1) is 11.1. The van der Waals surface area contributed by atoms with Crippen molar-refractivity contribution in [3.8, 4) is 0 Å². The Hall–Kier alpha value is -2.24. The monoisotopic (exact) mass is 330 g/mol. The Kier molecular flexibility index (Phi) is 6.72. The van der Waals surface area contributed by atoms with E-state index in [1.54, 1.807) is 0 Å². The van der Waals surface area contributed by atoms with Gasteiger partial charge in [0.05, 0.1) is 6.42 Å². The molecule has 1 N–H and O–H groups in total. The molecule has 1 unspecified atom stereocenters. The van der Waals surface area contributed by atoms with Crippen LogP contribution in [0.4, 0.5) is 0 Å². The van der Waals surface area contributed by atoms with Crippen molar-refractivity contribution in [1.82, 2.24) is 0 Å². The molecule has 4 nitrogen and oxygen atoms in total. The van der Waals surface area contributed by atoms with E-state index < -0.39 is 12.1 Å². The molecule has 5 heteroatoms. The van der Waals surface area contributed by atoms with Crippen LogP contribution in [0.1, 0.15) is 17.5 Å². The predicted molar refractivity (Wildman–Crippen MR) is 90.7 cm³/mol. The van der Waals surface area contributed by atoms with Crippen LogP contribution in [-0.4, -0.2) is 22.2 Å². The predicted octanol–water partition coefficient (Wildman–Crippen LogP) is 3.03. The second kappa shape index (κ2) is 9.02. The molecule has 0 aliphatic rings. The van der Waals surface area contributed by atoms with Gasteiger partial charge in [-0.1, -0.05) is 60.7 Å². The van der Waals surface area contributed by atoms with Crippen LogP contribution in [0.25, 0.3) is 0 Å². The minimum Gasteiger partial charge on any atom is -0.482 e. The van der Waals surface area contributed by atoms with Gasteiger partial charge in [-0.05, 0) is 23.3 Å². The lowest BCUT2D eigenvalue weighted by atomic mass is 10.2. The zero-order chi connectivity index (χ0) is 16.5. The van der Waals surface area contributed by atoms with Crippen LogP contribution in [-0.2, 0) is 27.5 Å². The fourth-order valence-electron chi connectivity index (χ4n) is 1.86. The van der Waals surface area contributed by atoms with E-state index in [-0.39, 0.29) is 18.1 Å². The molecule has 0 fully saturated rings. The Morgan fingerprint density at radius 3 is 1.91 bits per heavy atom. The van der Waals surface area contributed by atoms with E-state index in [2.05, 4.69) is 0 Å². The first-order valence-corrected chi connectivity index (χ1v) is 7.64. The quantitative estimate of drug-likeness (QED) is 0.625. The van der Waals surface area contributed by atoms with Crippen LogP contribution in [0.2, 0.25) is 0 Å². The van der Waals surface area contributed by atoms with Crippen molar-refractivity contribution in [2.45, 2.75) is 25.7 Å². The number of rotatable bonds is 7. The largest absolute Gasteiger partial charge is 0.482 e. The third-order valence-electron chi connectivity index (χ3n) is 3.10. The maximum Gasteiger partial charge on any atom is 0.335 e. The van der Waals surface area contributed by atoms with Crippen molar-refractivity contribution < 1.29 is 19.4 Å². The molecule has 0 bridgehead atoms. The number of esters is 1. The third-order valence-corrected chi connectivity index (χ3v) is 3.38. The highest BCUT2D eigenvalue weighted by atomic mass is 32.1. The molecule has 0 saturated heterocycles. The van der Waals surface area contributed by atoms with E-state index in [1.807, 2.05) is 60.7 Å². The van der Waals surface area contributed by atoms with Crippen LogP contribution >= 0.6 is 12.2 Å². The van der Waals surface area contributed by atoms with E-state index in [0.29, 0.717) is 6.61 Å². The van der Waals surface area contributed by atoms with Gasteiger partial charge in [-0.25, -0.2) is 4.79 Å². The van der Waals surface area contributed by atoms with Gasteiger partial charge < -0.3 is 14.6 Å². The average molecular weight is 330 g/mol. The molecule has 23 heavy (non-hydrogen) atoms. The Labute approximate surface area is 140 Å². The summed E-state index contributed by atoms with van der Waals surface area (Å²) in [5, 5.41) is 10.0. The van der Waals surface area contributed by atoms with E-state index in [9.17, 15) is 9.90 Å². The summed E-state index contributed by atoms with van der Waals surface area (Å²) >= 11 is 5.04. The highest BCUT2D eigenvalue weighted by molar-refractivity contribution is 7.80. The summed E-state index contributed by atoms with van der Waals surface area (Å²) in [6, 6.07) is 18.8. The maximum atomic E-state index is 11.7. The summed E-state index contributed by atoms with van der Waals surface area (Å²) in [6.45, 7) is 0.430. The van der Waals surface area contributed by atoms with E-state index in [1.165, 1.54) is 0 Å². The number of hydrogen-bond acceptors (Lipinski definition) is 5. The van der Waals surface area contributed by atoms with Crippen molar-refractivity contribution in [3.63, 3.8) is 0 Å². The van der Waals surface area contributed by atoms with Crippen LogP contribution in [0.15, 0.2) is 60.7 Å². The minimum atomic E-state index is -1.32. The lowest BCUT2D eigenvalue weighted by molar-refractivity contribution is -0.154. The van der Waals surface area contributed by atoms with Gasteiger partial charge in [0.2, 0.25) is 0 Å². The highest BCUT2D eigenvalue weighted by Gasteiger charge is 2.19. The van der Waals surface area contributed by atoms with Gasteiger partial charge >= 0.3 is 5.97 Å². The first kappa shape index (κ1) is 17.1. The summed E-state index contributed by atoms with van der Waals surface area (Å²) in [5.41, 5.74) is 1.83. The smallest absolute Gasteiger partial charge is 0.335 e. The molecule has 0 radical (unpaired) electrons. The summed E-state index contributed by atoms with van der Waals surface area (Å²) in [7, 11) is 0. The number of carbonyl (C=O) groups is 1. The molecule has 0 amide bonds. The molecule has 2 aromatic rings. The molecule has 0 heterocycles. The number of thiocarbonyl (C=S) groups is 1. The lowest BCUT2D eigenvalue weighted by Crippen LogP contribution is -2.26. The van der Waals surface area contributed by atoms with Gasteiger partial charge in [-0.15, -0.1) is 0 Å². The maximum absolute atomic E-state index is 11.7. The first-order valence-electron chi connectivity index (χ1n) is 7.23. The Morgan fingerprint density at radius 2 is 1.39 bits per heavy atom. The zero-order valence-corrected chi connectivity index (χ0v) is 13.4. The molecule has 0 aromatic heterocycles. The van der Waals surface area contributed by atoms with Crippen molar-refractivity contribution in [1.29, 1.82) is 0 Å². The summed E-state index contributed by atoms with van der Waals surface area (Å²) in [5.74, 6) is -0.709. The molecule has 2 rings (SSSR count). The van der Waals surface area contributed by atoms with Gasteiger partial charge in [0.25, 0.3) is 0 Å². The summed E-state index contributed by atoms with van der Waals surface area (Å²) in [6.07, 6.45) is -1.38. The molecule has 0 saturated carbocycles. The number of hydrogen-bond donors (Lipinski definition) is 1. The number of aliphatic hydroxyl groups is 1. The van der Waals surface area contributed by atoms with Crippen molar-refractivity contribution in [3.05, 3.63) is 71.8 Å². The zero-order valence-electron chi connectivity index (χ0n) is 12.6. The third kappa shape index (κ3) is 6.18. The highest BCUT2D eigenvalue weighted by Crippen LogP contribution is 2.07. The number of ether oxygens (including phenoxy) is 2. The van der Waals surface area contributed by atoms with Gasteiger partial charge in [-0.3, -0.25) is 0 Å². The fraction of sp³-hybridized carbons (Fsp3) is 0.222. The topological polar surface area (TPSA) is 55.8 Å². The average Bonchev–Trinajstić information content (AvgIpc) is 2.59. The van der Waals surface area contributed by atoms with Crippen molar-refractivity contribution in [2.24, 2.45) is 0 Å². The second-order valence-electron chi connectivity index (χ2n) is 4.96. The molecular formula is C18H18O4S. The van der Waals surface area contributed by atoms with Crippen LogP contribution < -0.4 is 0 Å². The van der Waals surface area contributed by atoms with Crippen LogP contribution in [0.3, 0.4) is 0 Å². The molecular weight excluding hydrogens is 312 g/mol. The van der Waals surface area contributed by atoms with Gasteiger partial charge in [0.1, 0.15) is 13.2 Å². The van der Waals surface area contributed by atoms with Gasteiger partial charge in [-0.2, -0.15) is 0 Å². The van der Waals surface area contributed by atoms with Gasteiger partial charge in [0, 0.05) is 0 Å². The summed E-state index contributed by atoms with van der Waals surface area (Å²) < 4.78 is 10.4. The molecule has 1 atom stereocenters. The standard InChI is InChI=1S/C18H18O4S/c19-16(18(20)22-13-15-9-5-2-6-10-15)11-17(23)21-12-14-7-3-1-4-8-14/h1-10,16,19H,11-13H2. The SMILES string of the molecule is O=C(OCc1ccccc1)C(O)CC(=S)OCc1ccccc1. The van der Waals surface area contributed by atoms with Gasteiger partial charge in [0.15, 0.2) is 11.2 Å². The fourth-order valence-corrected chi connectivity index (χ4v) is 2.08. The van der Waals surface area contributed by atoms with E-state index >= 15 is 0 Å². The van der Waals surface area contributed by atoms with Crippen molar-refractivity contribution in [2.75, 3.05) is 0 Å². The van der Waals surface area contributed by atoms with Crippen LogP contribution in [0.5, 0.6) is 0 Å². The molecule has 0 aliphatic carbocycles.